The highest BCUT2D eigenvalue weighted by molar-refractivity contribution is 7.98. The largest absolute Gasteiger partial charge is 0.416 e. The molecule has 4 nitrogen and oxygen atoms in total. The Labute approximate surface area is 200 Å². The molecule has 1 aromatic heterocycles. The second-order valence-electron chi connectivity index (χ2n) is 6.87. The smallest absolute Gasteiger partial charge is 0.302 e. The van der Waals surface area contributed by atoms with E-state index in [2.05, 4.69) is 4.90 Å². The molecule has 0 aliphatic carbocycles. The minimum absolute atomic E-state index is 0. The first kappa shape index (κ1) is 26.4. The number of hydrogen-bond acceptors (Lipinski definition) is 5. The number of halogens is 4. The second-order valence-corrected chi connectivity index (χ2v) is 8.72. The Bertz CT molecular complexity index is 1050. The van der Waals surface area contributed by atoms with Gasteiger partial charge in [0, 0.05) is 23.5 Å². The number of para-hydroxylation sites is 1. The molecule has 0 aliphatic heterocycles. The highest BCUT2D eigenvalue weighted by Gasteiger charge is 2.32. The van der Waals surface area contributed by atoms with Crippen LogP contribution in [0.1, 0.15) is 29.8 Å². The number of carbonyl (C=O) groups excluding carboxylic acids is 1. The van der Waals surface area contributed by atoms with Gasteiger partial charge >= 0.3 is 6.18 Å². The topological polar surface area (TPSA) is 36.4 Å². The van der Waals surface area contributed by atoms with Crippen LogP contribution in [-0.4, -0.2) is 48.2 Å². The number of rotatable bonds is 8. The Balaban J connectivity index is 0.00000363. The SMILES string of the molecule is CCN(CC)CCN(C(=O)c1cccc(C(F)(F)F)c1)c1nc2c(SC)cccc2s1.Cl. The molecule has 1 amide bonds. The van der Waals surface area contributed by atoms with Crippen LogP contribution >= 0.6 is 35.5 Å². The summed E-state index contributed by atoms with van der Waals surface area (Å²) in [6.07, 6.45) is -2.55. The van der Waals surface area contributed by atoms with Crippen LogP contribution in [-0.2, 0) is 6.18 Å². The van der Waals surface area contributed by atoms with Gasteiger partial charge in [0.15, 0.2) is 5.13 Å². The normalized spacial score (nSPS) is 11.6. The quantitative estimate of drug-likeness (QED) is 0.331. The summed E-state index contributed by atoms with van der Waals surface area (Å²) in [6.45, 7) is 6.64. The van der Waals surface area contributed by atoms with Crippen molar-refractivity contribution in [1.29, 1.82) is 0 Å². The van der Waals surface area contributed by atoms with Crippen LogP contribution in [0, 0.1) is 0 Å². The van der Waals surface area contributed by atoms with Gasteiger partial charge in [-0.2, -0.15) is 13.2 Å². The van der Waals surface area contributed by atoms with E-state index in [-0.39, 0.29) is 18.0 Å². The van der Waals surface area contributed by atoms with Gasteiger partial charge < -0.3 is 4.90 Å². The number of thioether (sulfide) groups is 1. The van der Waals surface area contributed by atoms with Crippen LogP contribution in [0.3, 0.4) is 0 Å². The molecular weight excluding hydrogens is 479 g/mol. The molecule has 0 fully saturated rings. The van der Waals surface area contributed by atoms with Gasteiger partial charge in [-0.3, -0.25) is 9.69 Å². The molecule has 1 heterocycles. The predicted octanol–water partition coefficient (Wildman–Crippen LogP) is 6.45. The van der Waals surface area contributed by atoms with E-state index in [4.69, 9.17) is 4.98 Å². The fraction of sp³-hybridized carbons (Fsp3) is 0.364. The molecule has 0 N–H and O–H groups in total. The molecule has 0 saturated carbocycles. The summed E-state index contributed by atoms with van der Waals surface area (Å²) in [4.78, 5) is 22.7. The summed E-state index contributed by atoms with van der Waals surface area (Å²) < 4.78 is 40.5. The maximum Gasteiger partial charge on any atom is 0.416 e. The van der Waals surface area contributed by atoms with Gasteiger partial charge in [-0.25, -0.2) is 4.98 Å². The molecule has 0 unspecified atom stereocenters. The van der Waals surface area contributed by atoms with Crippen LogP contribution < -0.4 is 4.90 Å². The number of benzene rings is 2. The first-order valence-electron chi connectivity index (χ1n) is 9.93. The third-order valence-electron chi connectivity index (χ3n) is 5.04. The first-order valence-corrected chi connectivity index (χ1v) is 12.0. The lowest BCUT2D eigenvalue weighted by atomic mass is 10.1. The summed E-state index contributed by atoms with van der Waals surface area (Å²) in [5.41, 5.74) is -0.0330. The Hall–Kier alpha value is -1.81. The average Bonchev–Trinajstić information content (AvgIpc) is 3.20. The number of nitrogens with zero attached hydrogens (tertiary/aromatic N) is 3. The molecule has 0 radical (unpaired) electrons. The number of likely N-dealkylation sites (N-methyl/N-ethyl adjacent to an activating group) is 1. The summed E-state index contributed by atoms with van der Waals surface area (Å²) in [5.74, 6) is -0.483. The zero-order valence-corrected chi connectivity index (χ0v) is 20.4. The van der Waals surface area contributed by atoms with Crippen molar-refractivity contribution in [3.8, 4) is 0 Å². The minimum Gasteiger partial charge on any atom is -0.302 e. The second kappa shape index (κ2) is 11.4. The fourth-order valence-corrected chi connectivity index (χ4v) is 4.89. The van der Waals surface area contributed by atoms with Crippen molar-refractivity contribution >= 4 is 56.8 Å². The van der Waals surface area contributed by atoms with Crippen molar-refractivity contribution < 1.29 is 18.0 Å². The van der Waals surface area contributed by atoms with Gasteiger partial charge in [-0.05, 0) is 49.7 Å². The maximum atomic E-state index is 13.3. The van der Waals surface area contributed by atoms with E-state index >= 15 is 0 Å². The Morgan fingerprint density at radius 2 is 1.78 bits per heavy atom. The molecule has 0 atom stereocenters. The zero-order valence-electron chi connectivity index (χ0n) is 18.0. The predicted molar refractivity (Wildman–Crippen MR) is 130 cm³/mol. The van der Waals surface area contributed by atoms with E-state index in [9.17, 15) is 18.0 Å². The fourth-order valence-electron chi connectivity index (χ4n) is 3.24. The molecule has 32 heavy (non-hydrogen) atoms. The zero-order chi connectivity index (χ0) is 22.6. The van der Waals surface area contributed by atoms with E-state index in [0.717, 1.165) is 40.3 Å². The number of anilines is 1. The van der Waals surface area contributed by atoms with Crippen LogP contribution in [0.25, 0.3) is 10.2 Å². The molecule has 0 bridgehead atoms. The molecule has 3 rings (SSSR count). The minimum atomic E-state index is -4.51. The van der Waals surface area contributed by atoms with E-state index in [1.165, 1.54) is 28.4 Å². The van der Waals surface area contributed by atoms with Crippen molar-refractivity contribution in [1.82, 2.24) is 9.88 Å². The maximum absolute atomic E-state index is 13.3. The van der Waals surface area contributed by atoms with E-state index in [0.29, 0.717) is 18.2 Å². The van der Waals surface area contributed by atoms with Crippen LogP contribution in [0.15, 0.2) is 47.4 Å². The van der Waals surface area contributed by atoms with Crippen LogP contribution in [0.2, 0.25) is 0 Å². The first-order chi connectivity index (χ1) is 14.8. The molecule has 174 valence electrons. The monoisotopic (exact) mass is 503 g/mol. The molecule has 0 saturated heterocycles. The van der Waals surface area contributed by atoms with Gasteiger partial charge in [-0.15, -0.1) is 24.2 Å². The van der Waals surface area contributed by atoms with Crippen molar-refractivity contribution in [2.24, 2.45) is 0 Å². The van der Waals surface area contributed by atoms with Gasteiger partial charge in [0.1, 0.15) is 0 Å². The van der Waals surface area contributed by atoms with Crippen molar-refractivity contribution in [2.45, 2.75) is 24.9 Å². The number of thiazole rings is 1. The molecule has 2 aromatic carbocycles. The highest BCUT2D eigenvalue weighted by atomic mass is 35.5. The number of hydrogen-bond donors (Lipinski definition) is 0. The van der Waals surface area contributed by atoms with E-state index in [1.54, 1.807) is 11.8 Å². The molecule has 0 spiro atoms. The van der Waals surface area contributed by atoms with Crippen molar-refractivity contribution in [3.05, 3.63) is 53.6 Å². The summed E-state index contributed by atoms with van der Waals surface area (Å²) in [6, 6.07) is 10.4. The number of fused-ring (bicyclic) bond motifs is 1. The number of aromatic nitrogens is 1. The average molecular weight is 504 g/mol. The number of carbonyl (C=O) groups is 1. The third-order valence-corrected chi connectivity index (χ3v) is 6.85. The Morgan fingerprint density at radius 1 is 1.09 bits per heavy atom. The molecule has 3 aromatic rings. The van der Waals surface area contributed by atoms with E-state index in [1.807, 2.05) is 38.3 Å². The summed E-state index contributed by atoms with van der Waals surface area (Å²) >= 11 is 2.94. The summed E-state index contributed by atoms with van der Waals surface area (Å²) in [7, 11) is 0. The van der Waals surface area contributed by atoms with Crippen molar-refractivity contribution in [3.63, 3.8) is 0 Å². The standard InChI is InChI=1S/C22H24F3N3OS2.ClH/c1-4-27(5-2)12-13-28(20(29)15-8-6-9-16(14-15)22(23,24)25)21-26-19-17(30-3)10-7-11-18(19)31-21;/h6-11,14H,4-5,12-13H2,1-3H3;1H. The molecule has 10 heteroatoms. The van der Waals surface area contributed by atoms with Gasteiger partial charge in [-0.1, -0.05) is 37.3 Å². The van der Waals surface area contributed by atoms with Crippen LogP contribution in [0.4, 0.5) is 18.3 Å². The Morgan fingerprint density at radius 3 is 2.41 bits per heavy atom. The molecule has 0 aliphatic rings. The lowest BCUT2D eigenvalue weighted by molar-refractivity contribution is -0.137. The summed E-state index contributed by atoms with van der Waals surface area (Å²) in [5, 5.41) is 0.492. The highest BCUT2D eigenvalue weighted by Crippen LogP contribution is 2.35. The van der Waals surface area contributed by atoms with Gasteiger partial charge in [0.2, 0.25) is 0 Å². The van der Waals surface area contributed by atoms with Crippen molar-refractivity contribution in [2.75, 3.05) is 37.3 Å². The van der Waals surface area contributed by atoms with Crippen LogP contribution in [0.5, 0.6) is 0 Å². The molecular formula is C22H25ClF3N3OS2. The van der Waals surface area contributed by atoms with Gasteiger partial charge in [0.25, 0.3) is 5.91 Å². The number of alkyl halides is 3. The lowest BCUT2D eigenvalue weighted by Gasteiger charge is -2.25. The Kier molecular flexibility index (Phi) is 9.39. The van der Waals surface area contributed by atoms with E-state index < -0.39 is 17.6 Å². The third kappa shape index (κ3) is 5.95. The van der Waals surface area contributed by atoms with Gasteiger partial charge in [0.05, 0.1) is 15.8 Å². The number of amides is 1. The lowest BCUT2D eigenvalue weighted by Crippen LogP contribution is -2.39.